The molecule has 5 nitrogen and oxygen atoms in total. The minimum Gasteiger partial charge on any atom is -0.447 e. The number of carbonyl (C=O) groups excluding carboxylic acids is 2. The summed E-state index contributed by atoms with van der Waals surface area (Å²) < 4.78 is 4.88. The Morgan fingerprint density at radius 2 is 2.17 bits per heavy atom. The van der Waals surface area contributed by atoms with Gasteiger partial charge in [0.1, 0.15) is 6.61 Å². The Morgan fingerprint density at radius 1 is 1.44 bits per heavy atom. The van der Waals surface area contributed by atoms with Crippen LogP contribution >= 0.6 is 0 Å². The van der Waals surface area contributed by atoms with E-state index in [9.17, 15) is 9.59 Å². The summed E-state index contributed by atoms with van der Waals surface area (Å²) in [6, 6.07) is 9.26. The van der Waals surface area contributed by atoms with Crippen LogP contribution in [0.4, 0.5) is 4.79 Å². The molecular weight excluding hydrogens is 232 g/mol. The van der Waals surface area contributed by atoms with Gasteiger partial charge in [-0.15, -0.1) is 0 Å². The molecule has 1 heterocycles. The summed E-state index contributed by atoms with van der Waals surface area (Å²) in [5, 5.41) is 0. The predicted octanol–water partition coefficient (Wildman–Crippen LogP) is 1.50. The van der Waals surface area contributed by atoms with Crippen molar-refractivity contribution in [2.75, 3.05) is 13.2 Å². The zero-order valence-corrected chi connectivity index (χ0v) is 9.70. The molecule has 0 spiro atoms. The Balaban J connectivity index is 2.10. The molecule has 1 fully saturated rings. The van der Waals surface area contributed by atoms with Gasteiger partial charge in [-0.1, -0.05) is 30.3 Å². The molecule has 1 atom stereocenters. The van der Waals surface area contributed by atoms with Gasteiger partial charge in [-0.2, -0.15) is 0 Å². The lowest BCUT2D eigenvalue weighted by Crippen LogP contribution is -2.41. The smallest absolute Gasteiger partial charge is 0.417 e. The van der Waals surface area contributed by atoms with Crippen LogP contribution in [0.25, 0.3) is 4.85 Å². The number of carbonyl (C=O) groups is 2. The van der Waals surface area contributed by atoms with Crippen LogP contribution in [0.1, 0.15) is 5.56 Å². The molecular formula is C13H12N2O3. The van der Waals surface area contributed by atoms with Gasteiger partial charge in [-0.05, 0) is 12.0 Å². The number of amides is 2. The summed E-state index contributed by atoms with van der Waals surface area (Å²) in [5.41, 5.74) is 1.03. The molecule has 0 radical (unpaired) electrons. The number of nitrogens with zero attached hydrogens (tertiary/aromatic N) is 2. The molecule has 1 saturated heterocycles. The van der Waals surface area contributed by atoms with E-state index in [0.717, 1.165) is 10.5 Å². The van der Waals surface area contributed by atoms with Gasteiger partial charge in [0.15, 0.2) is 0 Å². The van der Waals surface area contributed by atoms with Gasteiger partial charge in [0.2, 0.25) is 0 Å². The molecule has 2 amide bonds. The molecule has 0 N–H and O–H groups in total. The fraction of sp³-hybridized carbons (Fsp3) is 0.308. The predicted molar refractivity (Wildman–Crippen MR) is 63.6 cm³/mol. The molecule has 1 aliphatic rings. The third kappa shape index (κ3) is 2.48. The van der Waals surface area contributed by atoms with Gasteiger partial charge in [-0.25, -0.2) is 16.3 Å². The summed E-state index contributed by atoms with van der Waals surface area (Å²) in [5.74, 6) is -0.492. The van der Waals surface area contributed by atoms with Crippen molar-refractivity contribution in [2.45, 2.75) is 12.5 Å². The SMILES string of the molecule is [C-]#[N+]CC(=O)N1C(=O)OC[C@@H]1Cc1ccccc1. The Kier molecular flexibility index (Phi) is 3.58. The molecule has 0 saturated carbocycles. The van der Waals surface area contributed by atoms with Crippen LogP contribution in [0, 0.1) is 6.57 Å². The van der Waals surface area contributed by atoms with Crippen LogP contribution in [0.15, 0.2) is 30.3 Å². The van der Waals surface area contributed by atoms with Crippen molar-refractivity contribution < 1.29 is 14.3 Å². The molecule has 1 aromatic carbocycles. The van der Waals surface area contributed by atoms with E-state index in [1.807, 2.05) is 30.3 Å². The Morgan fingerprint density at radius 3 is 2.83 bits per heavy atom. The molecule has 2 rings (SSSR count). The third-order valence-electron chi connectivity index (χ3n) is 2.76. The maximum absolute atomic E-state index is 11.7. The topological polar surface area (TPSA) is 51.0 Å². The van der Waals surface area contributed by atoms with Crippen LogP contribution in [0.3, 0.4) is 0 Å². The second-order valence-corrected chi connectivity index (χ2v) is 4.00. The number of hydrogen-bond acceptors (Lipinski definition) is 3. The summed E-state index contributed by atoms with van der Waals surface area (Å²) >= 11 is 0. The summed E-state index contributed by atoms with van der Waals surface area (Å²) in [6.07, 6.45) is -0.0966. The first-order valence-electron chi connectivity index (χ1n) is 5.58. The average Bonchev–Trinajstić information content (AvgIpc) is 2.72. The molecule has 1 aliphatic heterocycles. The monoisotopic (exact) mass is 244 g/mol. The van der Waals surface area contributed by atoms with Gasteiger partial charge < -0.3 is 9.58 Å². The van der Waals surface area contributed by atoms with Gasteiger partial charge >= 0.3 is 12.0 Å². The van der Waals surface area contributed by atoms with Crippen LogP contribution in [0.5, 0.6) is 0 Å². The maximum Gasteiger partial charge on any atom is 0.417 e. The van der Waals surface area contributed by atoms with E-state index in [2.05, 4.69) is 4.85 Å². The summed E-state index contributed by atoms with van der Waals surface area (Å²) in [6.45, 7) is 6.55. The quantitative estimate of drug-likeness (QED) is 0.757. The molecule has 18 heavy (non-hydrogen) atoms. The standard InChI is InChI=1S/C13H12N2O3/c1-14-8-12(16)15-11(9-18-13(15)17)7-10-5-3-2-4-6-10/h2-6,11H,7-9H2/t11-/m0/s1. The van der Waals surface area contributed by atoms with Gasteiger partial charge in [0.05, 0.1) is 6.04 Å². The highest BCUT2D eigenvalue weighted by Gasteiger charge is 2.38. The molecule has 5 heteroatoms. The second-order valence-electron chi connectivity index (χ2n) is 4.00. The normalized spacial score (nSPS) is 18.3. The summed E-state index contributed by atoms with van der Waals surface area (Å²) in [4.78, 5) is 27.2. The van der Waals surface area contributed by atoms with Crippen molar-refractivity contribution in [1.82, 2.24) is 4.90 Å². The number of imide groups is 1. The largest absolute Gasteiger partial charge is 0.447 e. The van der Waals surface area contributed by atoms with Crippen molar-refractivity contribution in [2.24, 2.45) is 0 Å². The molecule has 1 aromatic rings. The lowest BCUT2D eigenvalue weighted by Gasteiger charge is -2.17. The van der Waals surface area contributed by atoms with Crippen LogP contribution in [-0.4, -0.2) is 36.1 Å². The molecule has 92 valence electrons. The number of rotatable bonds is 3. The van der Waals surface area contributed by atoms with Crippen molar-refractivity contribution in [3.05, 3.63) is 47.3 Å². The number of cyclic esters (lactones) is 1. The van der Waals surface area contributed by atoms with Crippen molar-refractivity contribution in [1.29, 1.82) is 0 Å². The van der Waals surface area contributed by atoms with E-state index in [0.29, 0.717) is 6.42 Å². The van der Waals surface area contributed by atoms with E-state index in [1.54, 1.807) is 0 Å². The molecule has 0 aliphatic carbocycles. The van der Waals surface area contributed by atoms with Crippen molar-refractivity contribution >= 4 is 12.0 Å². The highest BCUT2D eigenvalue weighted by atomic mass is 16.6. The van der Waals surface area contributed by atoms with Gasteiger partial charge in [0, 0.05) is 0 Å². The highest BCUT2D eigenvalue weighted by Crippen LogP contribution is 2.17. The lowest BCUT2D eigenvalue weighted by molar-refractivity contribution is -0.127. The Labute approximate surface area is 105 Å². The summed E-state index contributed by atoms with van der Waals surface area (Å²) in [7, 11) is 0. The van der Waals surface area contributed by atoms with Gasteiger partial charge in [-0.3, -0.25) is 4.79 Å². The second kappa shape index (κ2) is 5.32. The molecule has 0 aromatic heterocycles. The zero-order chi connectivity index (χ0) is 13.0. The van der Waals surface area contributed by atoms with E-state index in [-0.39, 0.29) is 19.2 Å². The number of ether oxygens (including phenoxy) is 1. The fourth-order valence-corrected chi connectivity index (χ4v) is 1.95. The van der Waals surface area contributed by atoms with Crippen LogP contribution < -0.4 is 0 Å². The number of hydrogen-bond donors (Lipinski definition) is 0. The third-order valence-corrected chi connectivity index (χ3v) is 2.76. The minimum atomic E-state index is -0.649. The van der Waals surface area contributed by atoms with E-state index in [4.69, 9.17) is 11.3 Å². The first-order valence-corrected chi connectivity index (χ1v) is 5.58. The number of benzene rings is 1. The van der Waals surface area contributed by atoms with E-state index >= 15 is 0 Å². The highest BCUT2D eigenvalue weighted by molar-refractivity contribution is 5.95. The Hall–Kier alpha value is -2.35. The first-order chi connectivity index (χ1) is 8.72. The van der Waals surface area contributed by atoms with E-state index < -0.39 is 12.0 Å². The zero-order valence-electron chi connectivity index (χ0n) is 9.70. The average molecular weight is 244 g/mol. The van der Waals surface area contributed by atoms with Gasteiger partial charge in [0.25, 0.3) is 6.54 Å². The molecule has 0 bridgehead atoms. The first kappa shape index (κ1) is 12.1. The van der Waals surface area contributed by atoms with Crippen LogP contribution in [-0.2, 0) is 16.0 Å². The molecule has 0 unspecified atom stereocenters. The fourth-order valence-electron chi connectivity index (χ4n) is 1.95. The van der Waals surface area contributed by atoms with Crippen molar-refractivity contribution in [3.8, 4) is 0 Å². The van der Waals surface area contributed by atoms with Crippen molar-refractivity contribution in [3.63, 3.8) is 0 Å². The lowest BCUT2D eigenvalue weighted by atomic mass is 10.1. The van der Waals surface area contributed by atoms with Crippen LogP contribution in [0.2, 0.25) is 0 Å². The van der Waals surface area contributed by atoms with E-state index in [1.165, 1.54) is 0 Å². The Bertz CT molecular complexity index is 493. The minimum absolute atomic E-state index is 0.192. The maximum atomic E-state index is 11.7.